The number of nitrogens with one attached hydrogen (secondary N) is 1. The second-order valence-corrected chi connectivity index (χ2v) is 6.22. The molecule has 5 N–H and O–H groups in total. The largest absolute Gasteiger partial charge is 0.399 e. The normalized spacial score (nSPS) is 10.8. The number of ketones is 1. The Kier molecular flexibility index (Phi) is 3.93. The van der Waals surface area contributed by atoms with E-state index in [1.165, 1.54) is 0 Å². The van der Waals surface area contributed by atoms with Gasteiger partial charge in [-0.3, -0.25) is 9.59 Å². The van der Waals surface area contributed by atoms with Gasteiger partial charge in [-0.05, 0) is 35.9 Å². The molecule has 0 radical (unpaired) electrons. The zero-order valence-electron chi connectivity index (χ0n) is 14.3. The minimum absolute atomic E-state index is 0.140. The van der Waals surface area contributed by atoms with Gasteiger partial charge in [-0.15, -0.1) is 0 Å². The van der Waals surface area contributed by atoms with Gasteiger partial charge < -0.3 is 16.5 Å². The van der Waals surface area contributed by atoms with Gasteiger partial charge in [0.2, 0.25) is 5.91 Å². The highest BCUT2D eigenvalue weighted by Crippen LogP contribution is 2.27. The predicted molar refractivity (Wildman–Crippen MR) is 104 cm³/mol. The van der Waals surface area contributed by atoms with Crippen molar-refractivity contribution in [3.63, 3.8) is 0 Å². The highest BCUT2D eigenvalue weighted by molar-refractivity contribution is 6.16. The van der Waals surface area contributed by atoms with Crippen molar-refractivity contribution >= 4 is 28.4 Å². The zero-order chi connectivity index (χ0) is 19.0. The lowest BCUT2D eigenvalue weighted by molar-refractivity contribution is 0.0998. The number of carbonyl (C=O) groups excluding carboxylic acids is 2. The summed E-state index contributed by atoms with van der Waals surface area (Å²) in [5.74, 6) is -0.636. The SMILES string of the molecule is NC(=O)c1cccc(-c2cnc3[nH]cc(C(=O)c4cccc(N)c4)c3c2)c1. The highest BCUT2D eigenvalue weighted by Gasteiger charge is 2.16. The number of amides is 1. The molecule has 2 heterocycles. The summed E-state index contributed by atoms with van der Waals surface area (Å²) in [5, 5.41) is 0.699. The summed E-state index contributed by atoms with van der Waals surface area (Å²) in [6.07, 6.45) is 3.33. The van der Waals surface area contributed by atoms with E-state index in [9.17, 15) is 9.59 Å². The first-order chi connectivity index (χ1) is 13.0. The summed E-state index contributed by atoms with van der Waals surface area (Å²) in [6.45, 7) is 0. The lowest BCUT2D eigenvalue weighted by atomic mass is 10.00. The second kappa shape index (κ2) is 6.42. The fraction of sp³-hybridized carbons (Fsp3) is 0. The van der Waals surface area contributed by atoms with Gasteiger partial charge in [0.1, 0.15) is 5.65 Å². The van der Waals surface area contributed by atoms with Gasteiger partial charge in [0.25, 0.3) is 0 Å². The molecule has 0 fully saturated rings. The Balaban J connectivity index is 1.81. The molecule has 0 unspecified atom stereocenters. The number of primary amides is 1. The van der Waals surface area contributed by atoms with E-state index in [0.717, 1.165) is 11.1 Å². The summed E-state index contributed by atoms with van der Waals surface area (Å²) in [4.78, 5) is 31.8. The van der Waals surface area contributed by atoms with Crippen LogP contribution in [-0.2, 0) is 0 Å². The van der Waals surface area contributed by atoms with Gasteiger partial charge in [-0.1, -0.05) is 24.3 Å². The molecule has 4 rings (SSSR count). The van der Waals surface area contributed by atoms with Crippen LogP contribution in [0.2, 0.25) is 0 Å². The first-order valence-electron chi connectivity index (χ1n) is 8.30. The van der Waals surface area contributed by atoms with Gasteiger partial charge in [-0.2, -0.15) is 0 Å². The molecule has 0 atom stereocenters. The van der Waals surface area contributed by atoms with E-state index in [-0.39, 0.29) is 5.78 Å². The molecule has 132 valence electrons. The molecule has 27 heavy (non-hydrogen) atoms. The average Bonchev–Trinajstić information content (AvgIpc) is 3.10. The molecule has 0 aliphatic rings. The van der Waals surface area contributed by atoms with Crippen molar-refractivity contribution in [3.05, 3.63) is 83.7 Å². The first-order valence-corrected chi connectivity index (χ1v) is 8.30. The van der Waals surface area contributed by atoms with Gasteiger partial charge in [0.15, 0.2) is 5.78 Å². The van der Waals surface area contributed by atoms with Crippen molar-refractivity contribution in [3.8, 4) is 11.1 Å². The molecule has 6 heteroatoms. The van der Waals surface area contributed by atoms with Crippen LogP contribution < -0.4 is 11.5 Å². The number of anilines is 1. The number of nitrogens with zero attached hydrogens (tertiary/aromatic N) is 1. The van der Waals surface area contributed by atoms with E-state index in [2.05, 4.69) is 9.97 Å². The van der Waals surface area contributed by atoms with Crippen LogP contribution in [0.1, 0.15) is 26.3 Å². The predicted octanol–water partition coefficient (Wildman–Crippen LogP) is 3.14. The quantitative estimate of drug-likeness (QED) is 0.385. The molecule has 2 aromatic heterocycles. The molecule has 0 saturated carbocycles. The van der Waals surface area contributed by atoms with Crippen molar-refractivity contribution in [1.29, 1.82) is 0 Å². The molecule has 0 spiro atoms. The third-order valence-electron chi connectivity index (χ3n) is 4.40. The van der Waals surface area contributed by atoms with Crippen LogP contribution in [0, 0.1) is 0 Å². The number of nitrogens with two attached hydrogens (primary N) is 2. The third-order valence-corrected chi connectivity index (χ3v) is 4.40. The van der Waals surface area contributed by atoms with Crippen LogP contribution >= 0.6 is 0 Å². The van der Waals surface area contributed by atoms with Gasteiger partial charge in [-0.25, -0.2) is 4.98 Å². The molecule has 1 amide bonds. The minimum Gasteiger partial charge on any atom is -0.399 e. The maximum Gasteiger partial charge on any atom is 0.248 e. The lowest BCUT2D eigenvalue weighted by Crippen LogP contribution is -2.10. The Morgan fingerprint density at radius 1 is 0.926 bits per heavy atom. The second-order valence-electron chi connectivity index (χ2n) is 6.22. The zero-order valence-corrected chi connectivity index (χ0v) is 14.3. The highest BCUT2D eigenvalue weighted by atomic mass is 16.1. The summed E-state index contributed by atoms with van der Waals surface area (Å²) in [6, 6.07) is 15.7. The van der Waals surface area contributed by atoms with Crippen molar-refractivity contribution in [2.24, 2.45) is 5.73 Å². The van der Waals surface area contributed by atoms with Crippen LogP contribution in [0.5, 0.6) is 0 Å². The number of benzene rings is 2. The monoisotopic (exact) mass is 356 g/mol. The van der Waals surface area contributed by atoms with Crippen molar-refractivity contribution < 1.29 is 9.59 Å². The maximum absolute atomic E-state index is 12.9. The maximum atomic E-state index is 12.9. The summed E-state index contributed by atoms with van der Waals surface area (Å²) in [5.41, 5.74) is 15.3. The van der Waals surface area contributed by atoms with Crippen molar-refractivity contribution in [2.45, 2.75) is 0 Å². The number of aromatic nitrogens is 2. The number of fused-ring (bicyclic) bond motifs is 1. The molecule has 0 aliphatic heterocycles. The van der Waals surface area contributed by atoms with E-state index in [1.54, 1.807) is 54.9 Å². The van der Waals surface area contributed by atoms with Crippen LogP contribution in [0.4, 0.5) is 5.69 Å². The fourth-order valence-corrected chi connectivity index (χ4v) is 3.04. The molecule has 0 aliphatic carbocycles. The molecular formula is C21H16N4O2. The fourth-order valence-electron chi connectivity index (χ4n) is 3.04. The van der Waals surface area contributed by atoms with E-state index >= 15 is 0 Å². The number of carbonyl (C=O) groups is 2. The van der Waals surface area contributed by atoms with E-state index in [1.807, 2.05) is 12.1 Å². The number of rotatable bonds is 4. The summed E-state index contributed by atoms with van der Waals surface area (Å²) >= 11 is 0. The van der Waals surface area contributed by atoms with E-state index < -0.39 is 5.91 Å². The van der Waals surface area contributed by atoms with E-state index in [0.29, 0.717) is 33.4 Å². The lowest BCUT2D eigenvalue weighted by Gasteiger charge is -2.05. The number of hydrogen-bond donors (Lipinski definition) is 3. The third kappa shape index (κ3) is 3.04. The number of aromatic amines is 1. The molecule has 6 nitrogen and oxygen atoms in total. The van der Waals surface area contributed by atoms with Crippen LogP contribution in [0.15, 0.2) is 67.0 Å². The Morgan fingerprint density at radius 3 is 2.48 bits per heavy atom. The van der Waals surface area contributed by atoms with Crippen LogP contribution in [-0.4, -0.2) is 21.7 Å². The Bertz CT molecular complexity index is 1190. The topological polar surface area (TPSA) is 115 Å². The molecule has 4 aromatic rings. The van der Waals surface area contributed by atoms with Crippen LogP contribution in [0.3, 0.4) is 0 Å². The Morgan fingerprint density at radius 2 is 1.70 bits per heavy atom. The van der Waals surface area contributed by atoms with E-state index in [4.69, 9.17) is 11.5 Å². The smallest absolute Gasteiger partial charge is 0.248 e. The number of H-pyrrole nitrogens is 1. The minimum atomic E-state index is -0.495. The number of pyridine rings is 1. The Labute approximate surface area is 154 Å². The van der Waals surface area contributed by atoms with Gasteiger partial charge in [0.05, 0.1) is 0 Å². The standard InChI is InChI=1S/C21H16N4O2/c22-16-6-2-4-13(8-16)19(26)18-11-25-21-17(18)9-15(10-24-21)12-3-1-5-14(7-12)20(23)27/h1-11H,22H2,(H2,23,27)(H,24,25). The van der Waals surface area contributed by atoms with Gasteiger partial charge in [0, 0.05) is 45.7 Å². The molecule has 0 bridgehead atoms. The Hall–Kier alpha value is -3.93. The van der Waals surface area contributed by atoms with Crippen molar-refractivity contribution in [2.75, 3.05) is 5.73 Å². The first kappa shape index (κ1) is 16.5. The molecular weight excluding hydrogens is 340 g/mol. The van der Waals surface area contributed by atoms with Crippen molar-refractivity contribution in [1.82, 2.24) is 9.97 Å². The van der Waals surface area contributed by atoms with Crippen LogP contribution in [0.25, 0.3) is 22.2 Å². The number of hydrogen-bond acceptors (Lipinski definition) is 4. The summed E-state index contributed by atoms with van der Waals surface area (Å²) < 4.78 is 0. The molecule has 0 saturated heterocycles. The van der Waals surface area contributed by atoms with Gasteiger partial charge >= 0.3 is 0 Å². The summed E-state index contributed by atoms with van der Waals surface area (Å²) in [7, 11) is 0. The molecule has 2 aromatic carbocycles. The average molecular weight is 356 g/mol. The number of nitrogen functional groups attached to an aromatic ring is 1.